The van der Waals surface area contributed by atoms with Crippen LogP contribution in [0.4, 0.5) is 0 Å². The summed E-state index contributed by atoms with van der Waals surface area (Å²) < 4.78 is 0. The van der Waals surface area contributed by atoms with Crippen molar-refractivity contribution in [1.29, 1.82) is 0 Å². The smallest absolute Gasteiger partial charge is 0.353 e. The van der Waals surface area contributed by atoms with Gasteiger partial charge in [-0.3, -0.25) is 9.69 Å². The number of fused-ring (bicyclic) bond motifs is 1. The number of hydrogen-bond acceptors (Lipinski definition) is 3. The van der Waals surface area contributed by atoms with Crippen LogP contribution in [-0.4, -0.2) is 27.3 Å². The van der Waals surface area contributed by atoms with Crippen LogP contribution in [0.25, 0.3) is 0 Å². The molecule has 0 saturated carbocycles. The van der Waals surface area contributed by atoms with E-state index in [0.29, 0.717) is 0 Å². The topological polar surface area (TPSA) is 57.6 Å². The van der Waals surface area contributed by atoms with Crippen LogP contribution in [-0.2, 0) is 9.59 Å². The van der Waals surface area contributed by atoms with E-state index in [4.69, 9.17) is 5.11 Å². The van der Waals surface area contributed by atoms with Crippen LogP contribution in [0, 0.1) is 11.8 Å². The molecule has 1 N–H and O–H groups in total. The number of hydrogen-bond donors (Lipinski definition) is 1. The molecule has 4 nitrogen and oxygen atoms in total. The van der Waals surface area contributed by atoms with E-state index in [-0.39, 0.29) is 28.8 Å². The summed E-state index contributed by atoms with van der Waals surface area (Å²) >= 11 is 1.43. The van der Waals surface area contributed by atoms with Gasteiger partial charge in [0, 0.05) is 5.41 Å². The largest absolute Gasteiger partial charge is 0.477 e. The minimum atomic E-state index is -1.02. The van der Waals surface area contributed by atoms with E-state index >= 15 is 0 Å². The minimum absolute atomic E-state index is 0.0203. The van der Waals surface area contributed by atoms with Crippen molar-refractivity contribution in [3.8, 4) is 0 Å². The zero-order valence-electron chi connectivity index (χ0n) is 7.93. The summed E-state index contributed by atoms with van der Waals surface area (Å²) in [5.41, 5.74) is 0.127. The molecule has 2 aliphatic rings. The molecule has 0 aromatic rings. The standard InChI is InChI=1S/C9H11NO3S/c1-4(2)6-7(11)10-5(9(12)13)3-14-8(6)10/h3-4,6,8H,1-2H3,(H,12,13)/t6-,8-/m0/s1. The lowest BCUT2D eigenvalue weighted by atomic mass is 9.86. The van der Waals surface area contributed by atoms with Gasteiger partial charge in [-0.2, -0.15) is 0 Å². The number of amides is 1. The van der Waals surface area contributed by atoms with Gasteiger partial charge >= 0.3 is 5.97 Å². The lowest BCUT2D eigenvalue weighted by Gasteiger charge is -2.44. The highest BCUT2D eigenvalue weighted by atomic mass is 32.2. The Morgan fingerprint density at radius 2 is 2.29 bits per heavy atom. The number of carbonyl (C=O) groups excluding carboxylic acids is 1. The lowest BCUT2D eigenvalue weighted by molar-refractivity contribution is -0.153. The van der Waals surface area contributed by atoms with Crippen molar-refractivity contribution in [2.45, 2.75) is 19.2 Å². The van der Waals surface area contributed by atoms with E-state index < -0.39 is 5.97 Å². The Hall–Kier alpha value is -0.970. The van der Waals surface area contributed by atoms with Crippen LogP contribution in [0.5, 0.6) is 0 Å². The van der Waals surface area contributed by atoms with Gasteiger partial charge in [0.25, 0.3) is 0 Å². The van der Waals surface area contributed by atoms with Crippen molar-refractivity contribution in [1.82, 2.24) is 4.90 Å². The van der Waals surface area contributed by atoms with Crippen LogP contribution in [0.15, 0.2) is 11.1 Å². The van der Waals surface area contributed by atoms with E-state index in [1.807, 2.05) is 13.8 Å². The zero-order valence-corrected chi connectivity index (χ0v) is 8.75. The van der Waals surface area contributed by atoms with Crippen LogP contribution < -0.4 is 0 Å². The van der Waals surface area contributed by atoms with Crippen molar-refractivity contribution in [3.05, 3.63) is 11.1 Å². The van der Waals surface area contributed by atoms with Crippen molar-refractivity contribution < 1.29 is 14.7 Å². The van der Waals surface area contributed by atoms with E-state index in [0.717, 1.165) is 0 Å². The average molecular weight is 213 g/mol. The lowest BCUT2D eigenvalue weighted by Crippen LogP contribution is -2.59. The van der Waals surface area contributed by atoms with Crippen LogP contribution >= 0.6 is 11.8 Å². The van der Waals surface area contributed by atoms with Crippen LogP contribution in [0.3, 0.4) is 0 Å². The third-order valence-corrected chi connectivity index (χ3v) is 3.74. The first-order valence-corrected chi connectivity index (χ1v) is 5.40. The quantitative estimate of drug-likeness (QED) is 0.698. The molecule has 1 saturated heterocycles. The van der Waals surface area contributed by atoms with Gasteiger partial charge in [0.2, 0.25) is 5.91 Å². The summed E-state index contributed by atoms with van der Waals surface area (Å²) in [7, 11) is 0. The van der Waals surface area contributed by atoms with Gasteiger partial charge in [-0.05, 0) is 5.92 Å². The van der Waals surface area contributed by atoms with E-state index in [1.54, 1.807) is 5.41 Å². The molecular weight excluding hydrogens is 202 g/mol. The molecule has 1 amide bonds. The SMILES string of the molecule is CC(C)[C@H]1C(=O)N2C(C(=O)O)=CS[C@@H]12. The predicted octanol–water partition coefficient (Wildman–Crippen LogP) is 1.10. The van der Waals surface area contributed by atoms with Crippen molar-refractivity contribution in [2.24, 2.45) is 11.8 Å². The third kappa shape index (κ3) is 1.08. The fourth-order valence-electron chi connectivity index (χ4n) is 1.85. The Morgan fingerprint density at radius 3 is 2.79 bits per heavy atom. The van der Waals surface area contributed by atoms with Crippen molar-refractivity contribution in [3.63, 3.8) is 0 Å². The molecule has 2 rings (SSSR count). The second-order valence-corrected chi connectivity index (χ2v) is 4.80. The summed E-state index contributed by atoms with van der Waals surface area (Å²) in [5, 5.41) is 10.4. The van der Waals surface area contributed by atoms with Gasteiger partial charge in [-0.15, -0.1) is 11.8 Å². The molecule has 1 fully saturated rings. The maximum atomic E-state index is 11.6. The Labute approximate surface area is 86.0 Å². The number of rotatable bonds is 2. The number of nitrogens with zero attached hydrogens (tertiary/aromatic N) is 1. The number of carbonyl (C=O) groups is 2. The van der Waals surface area contributed by atoms with Gasteiger partial charge in [0.1, 0.15) is 5.70 Å². The normalized spacial score (nSPS) is 30.1. The first-order valence-electron chi connectivity index (χ1n) is 4.46. The molecule has 2 atom stereocenters. The summed E-state index contributed by atoms with van der Waals surface area (Å²) in [5.74, 6) is -0.815. The zero-order chi connectivity index (χ0) is 10.5. The van der Waals surface area contributed by atoms with Crippen LogP contribution in [0.1, 0.15) is 13.8 Å². The number of aliphatic carboxylic acids is 1. The molecule has 0 radical (unpaired) electrons. The number of β-lactam (4-membered cyclic amide) rings is 1. The van der Waals surface area contributed by atoms with E-state index in [1.165, 1.54) is 16.7 Å². The predicted molar refractivity (Wildman–Crippen MR) is 52.3 cm³/mol. The fourth-order valence-corrected chi connectivity index (χ4v) is 3.27. The molecule has 2 aliphatic heterocycles. The third-order valence-electron chi connectivity index (χ3n) is 2.60. The molecule has 0 unspecified atom stereocenters. The second kappa shape index (κ2) is 3.02. The molecule has 76 valence electrons. The molecule has 14 heavy (non-hydrogen) atoms. The average Bonchev–Trinajstić information content (AvgIpc) is 2.42. The molecule has 0 aliphatic carbocycles. The second-order valence-electron chi connectivity index (χ2n) is 3.81. The van der Waals surface area contributed by atoms with Gasteiger partial charge < -0.3 is 5.11 Å². The van der Waals surface area contributed by atoms with Gasteiger partial charge in [0.05, 0.1) is 11.3 Å². The Morgan fingerprint density at radius 1 is 1.64 bits per heavy atom. The molecule has 2 heterocycles. The molecule has 0 spiro atoms. The van der Waals surface area contributed by atoms with E-state index in [9.17, 15) is 9.59 Å². The molecule has 0 aromatic heterocycles. The number of carboxylic acids is 1. The van der Waals surface area contributed by atoms with Gasteiger partial charge in [0.15, 0.2) is 0 Å². The molecule has 0 aromatic carbocycles. The van der Waals surface area contributed by atoms with Crippen LogP contribution in [0.2, 0.25) is 0 Å². The highest BCUT2D eigenvalue weighted by molar-refractivity contribution is 8.03. The molecule has 5 heteroatoms. The fraction of sp³-hybridized carbons (Fsp3) is 0.556. The highest BCUT2D eigenvalue weighted by Gasteiger charge is 2.54. The number of thioether (sulfide) groups is 1. The maximum Gasteiger partial charge on any atom is 0.353 e. The van der Waals surface area contributed by atoms with Crippen molar-refractivity contribution in [2.75, 3.05) is 0 Å². The first kappa shape index (κ1) is 9.58. The first-order chi connectivity index (χ1) is 6.54. The van der Waals surface area contributed by atoms with E-state index in [2.05, 4.69) is 0 Å². The highest BCUT2D eigenvalue weighted by Crippen LogP contribution is 2.47. The number of carboxylic acid groups (broad SMARTS) is 1. The molecular formula is C9H11NO3S. The Kier molecular flexibility index (Phi) is 2.06. The van der Waals surface area contributed by atoms with Gasteiger partial charge in [-0.25, -0.2) is 4.79 Å². The minimum Gasteiger partial charge on any atom is -0.477 e. The molecule has 0 bridgehead atoms. The Balaban J connectivity index is 2.17. The maximum absolute atomic E-state index is 11.6. The summed E-state index contributed by atoms with van der Waals surface area (Å²) in [6.45, 7) is 3.97. The summed E-state index contributed by atoms with van der Waals surface area (Å²) in [6, 6.07) is 0. The monoisotopic (exact) mass is 213 g/mol. The van der Waals surface area contributed by atoms with Crippen molar-refractivity contribution >= 4 is 23.6 Å². The summed E-state index contributed by atoms with van der Waals surface area (Å²) in [4.78, 5) is 23.7. The Bertz CT molecular complexity index is 337. The van der Waals surface area contributed by atoms with Gasteiger partial charge in [-0.1, -0.05) is 13.8 Å². The summed E-state index contributed by atoms with van der Waals surface area (Å²) in [6.07, 6.45) is 0.